The van der Waals surface area contributed by atoms with Crippen LogP contribution in [0.4, 0.5) is 0 Å². The number of hydrogen-bond donors (Lipinski definition) is 0. The van der Waals surface area contributed by atoms with E-state index in [0.29, 0.717) is 30.1 Å². The lowest BCUT2D eigenvalue weighted by molar-refractivity contribution is 0.0642. The number of hydrogen-bond acceptors (Lipinski definition) is 3. The molecule has 1 fully saturated rings. The van der Waals surface area contributed by atoms with E-state index in [1.54, 1.807) is 29.2 Å². The molecule has 1 aliphatic heterocycles. The molecular formula is C21H28N2O3SSi. The molecule has 0 aliphatic carbocycles. The highest BCUT2D eigenvalue weighted by atomic mass is 32.2. The van der Waals surface area contributed by atoms with Crippen LogP contribution in [0, 0.1) is 0 Å². The molecule has 5 nitrogen and oxygen atoms in total. The molecule has 1 amide bonds. The Morgan fingerprint density at radius 3 is 2.11 bits per heavy atom. The maximum atomic E-state index is 13.1. The third-order valence-corrected chi connectivity index (χ3v) is 9.29. The molecule has 0 saturated carbocycles. The second-order valence-electron chi connectivity index (χ2n) is 8.36. The summed E-state index contributed by atoms with van der Waals surface area (Å²) in [7, 11) is -5.05. The van der Waals surface area contributed by atoms with Crippen LogP contribution in [0.25, 0.3) is 0 Å². The minimum atomic E-state index is -3.58. The Morgan fingerprint density at radius 1 is 0.964 bits per heavy atom. The van der Waals surface area contributed by atoms with Gasteiger partial charge in [-0.15, -0.1) is 0 Å². The molecule has 1 aliphatic rings. The minimum absolute atomic E-state index is 0.0519. The van der Waals surface area contributed by atoms with Crippen molar-refractivity contribution in [2.75, 3.05) is 19.6 Å². The van der Waals surface area contributed by atoms with Crippen LogP contribution in [0.3, 0.4) is 0 Å². The summed E-state index contributed by atoms with van der Waals surface area (Å²) in [5.74, 6) is -0.0519. The molecule has 0 spiro atoms. The maximum absolute atomic E-state index is 13.1. The molecule has 1 heterocycles. The van der Waals surface area contributed by atoms with E-state index in [4.69, 9.17) is 0 Å². The fourth-order valence-corrected chi connectivity index (χ4v) is 6.29. The van der Waals surface area contributed by atoms with Crippen LogP contribution >= 0.6 is 0 Å². The van der Waals surface area contributed by atoms with E-state index in [0.717, 1.165) is 0 Å². The highest BCUT2D eigenvalue weighted by Gasteiger charge is 2.35. The Labute approximate surface area is 169 Å². The van der Waals surface area contributed by atoms with Crippen LogP contribution in [0.1, 0.15) is 17.3 Å². The molecule has 0 bridgehead atoms. The topological polar surface area (TPSA) is 57.7 Å². The van der Waals surface area contributed by atoms with Gasteiger partial charge in [0.1, 0.15) is 0 Å². The van der Waals surface area contributed by atoms with E-state index >= 15 is 0 Å². The molecule has 2 aromatic carbocycles. The SMILES string of the molecule is C[C@@H]1CN(C(=O)c2ccccc2)CCN1S(=O)(=O)c1ccc([Si](C)(C)C)cc1. The van der Waals surface area contributed by atoms with Crippen LogP contribution < -0.4 is 5.19 Å². The van der Waals surface area contributed by atoms with Gasteiger partial charge in [0.2, 0.25) is 10.0 Å². The van der Waals surface area contributed by atoms with Crippen molar-refractivity contribution < 1.29 is 13.2 Å². The quantitative estimate of drug-likeness (QED) is 0.720. The van der Waals surface area contributed by atoms with Crippen LogP contribution in [0.15, 0.2) is 59.5 Å². The van der Waals surface area contributed by atoms with Gasteiger partial charge in [0.05, 0.1) is 13.0 Å². The molecule has 1 saturated heterocycles. The summed E-state index contributed by atoms with van der Waals surface area (Å²) >= 11 is 0. The summed E-state index contributed by atoms with van der Waals surface area (Å²) in [6.07, 6.45) is 0. The minimum Gasteiger partial charge on any atom is -0.336 e. The van der Waals surface area contributed by atoms with Crippen molar-refractivity contribution in [3.63, 3.8) is 0 Å². The highest BCUT2D eigenvalue weighted by Crippen LogP contribution is 2.22. The van der Waals surface area contributed by atoms with Crippen molar-refractivity contribution >= 4 is 29.2 Å². The fourth-order valence-electron chi connectivity index (χ4n) is 3.51. The average molecular weight is 417 g/mol. The molecular weight excluding hydrogens is 388 g/mol. The van der Waals surface area contributed by atoms with Gasteiger partial charge in [-0.2, -0.15) is 4.31 Å². The first-order valence-electron chi connectivity index (χ1n) is 9.57. The Balaban J connectivity index is 1.75. The molecule has 0 unspecified atom stereocenters. The normalized spacial score (nSPS) is 18.9. The van der Waals surface area contributed by atoms with Crippen molar-refractivity contribution in [1.82, 2.24) is 9.21 Å². The van der Waals surface area contributed by atoms with Crippen molar-refractivity contribution in [1.29, 1.82) is 0 Å². The smallest absolute Gasteiger partial charge is 0.253 e. The molecule has 150 valence electrons. The predicted octanol–water partition coefficient (Wildman–Crippen LogP) is 2.77. The van der Waals surface area contributed by atoms with E-state index in [-0.39, 0.29) is 11.9 Å². The van der Waals surface area contributed by atoms with E-state index in [9.17, 15) is 13.2 Å². The van der Waals surface area contributed by atoms with Crippen LogP contribution in [-0.4, -0.2) is 57.3 Å². The van der Waals surface area contributed by atoms with Crippen LogP contribution in [0.2, 0.25) is 19.6 Å². The molecule has 0 aromatic heterocycles. The van der Waals surface area contributed by atoms with Gasteiger partial charge in [-0.1, -0.05) is 55.2 Å². The number of rotatable bonds is 4. The summed E-state index contributed by atoms with van der Waals surface area (Å²) in [5.41, 5.74) is 0.632. The lowest BCUT2D eigenvalue weighted by Crippen LogP contribution is -2.55. The highest BCUT2D eigenvalue weighted by molar-refractivity contribution is 7.89. The second-order valence-corrected chi connectivity index (χ2v) is 15.3. The summed E-state index contributed by atoms with van der Waals surface area (Å²) in [4.78, 5) is 14.7. The molecule has 28 heavy (non-hydrogen) atoms. The monoisotopic (exact) mass is 416 g/mol. The van der Waals surface area contributed by atoms with E-state index in [2.05, 4.69) is 19.6 Å². The average Bonchev–Trinajstić information content (AvgIpc) is 2.67. The standard InChI is InChI=1S/C21H28N2O3SSi/c1-17-16-22(21(24)18-8-6-5-7-9-18)14-15-23(17)27(25,26)19-10-12-20(13-11-19)28(2,3)4/h5-13,17H,14-16H2,1-4H3/t17-/m1/s1. The Kier molecular flexibility index (Phi) is 5.79. The lowest BCUT2D eigenvalue weighted by Gasteiger charge is -2.39. The van der Waals surface area contributed by atoms with Crippen molar-refractivity contribution in [2.24, 2.45) is 0 Å². The Hall–Kier alpha value is -1.96. The molecule has 2 aromatic rings. The fraction of sp³-hybridized carbons (Fsp3) is 0.381. The number of benzene rings is 2. The van der Waals surface area contributed by atoms with Crippen LogP contribution in [0.5, 0.6) is 0 Å². The van der Waals surface area contributed by atoms with Crippen molar-refractivity contribution in [3.05, 3.63) is 60.2 Å². The number of piperazine rings is 1. The van der Waals surface area contributed by atoms with E-state index in [1.165, 1.54) is 9.49 Å². The summed E-state index contributed by atoms with van der Waals surface area (Å²) < 4.78 is 27.8. The van der Waals surface area contributed by atoms with E-state index < -0.39 is 18.1 Å². The van der Waals surface area contributed by atoms with Gasteiger partial charge in [-0.25, -0.2) is 8.42 Å². The summed E-state index contributed by atoms with van der Waals surface area (Å²) in [6, 6.07) is 16.2. The van der Waals surface area contributed by atoms with Gasteiger partial charge in [0, 0.05) is 31.2 Å². The third kappa shape index (κ3) is 4.21. The molecule has 1 atom stereocenters. The van der Waals surface area contributed by atoms with Gasteiger partial charge in [-0.05, 0) is 31.2 Å². The number of carbonyl (C=O) groups is 1. The zero-order valence-corrected chi connectivity index (χ0v) is 18.7. The Morgan fingerprint density at radius 2 is 1.57 bits per heavy atom. The number of nitrogens with zero attached hydrogens (tertiary/aromatic N) is 2. The van der Waals surface area contributed by atoms with Crippen molar-refractivity contribution in [2.45, 2.75) is 37.5 Å². The van der Waals surface area contributed by atoms with E-state index in [1.807, 2.05) is 37.3 Å². The van der Waals surface area contributed by atoms with Gasteiger partial charge in [0.15, 0.2) is 0 Å². The number of sulfonamides is 1. The van der Waals surface area contributed by atoms with Crippen molar-refractivity contribution in [3.8, 4) is 0 Å². The number of amides is 1. The Bertz CT molecular complexity index is 938. The summed E-state index contributed by atoms with van der Waals surface area (Å²) in [5, 5.41) is 1.23. The van der Waals surface area contributed by atoms with Gasteiger partial charge in [0.25, 0.3) is 5.91 Å². The molecule has 3 rings (SSSR count). The maximum Gasteiger partial charge on any atom is 0.253 e. The lowest BCUT2D eigenvalue weighted by atomic mass is 10.1. The first-order chi connectivity index (χ1) is 13.1. The number of carbonyl (C=O) groups excluding carboxylic acids is 1. The first-order valence-corrected chi connectivity index (χ1v) is 14.5. The van der Waals surface area contributed by atoms with Gasteiger partial charge >= 0.3 is 0 Å². The second kappa shape index (κ2) is 7.81. The molecule has 7 heteroatoms. The van der Waals surface area contributed by atoms with Gasteiger partial charge < -0.3 is 4.90 Å². The largest absolute Gasteiger partial charge is 0.336 e. The summed E-state index contributed by atoms with van der Waals surface area (Å²) in [6.45, 7) is 9.66. The van der Waals surface area contributed by atoms with Gasteiger partial charge in [-0.3, -0.25) is 4.79 Å². The van der Waals surface area contributed by atoms with Crippen LogP contribution in [-0.2, 0) is 10.0 Å². The molecule has 0 radical (unpaired) electrons. The zero-order valence-electron chi connectivity index (χ0n) is 16.9. The third-order valence-electron chi connectivity index (χ3n) is 5.20. The predicted molar refractivity (Wildman–Crippen MR) is 115 cm³/mol. The molecule has 0 N–H and O–H groups in total. The zero-order chi connectivity index (χ0) is 20.5. The first kappa shape index (κ1) is 20.8.